The first kappa shape index (κ1) is 45.7. The predicted octanol–water partition coefficient (Wildman–Crippen LogP) is 8.85. The molecule has 2 atom stereocenters. The van der Waals surface area contributed by atoms with Crippen molar-refractivity contribution in [3.8, 4) is 0 Å². The fraction of sp³-hybridized carbons (Fsp3) is 0.568. The van der Waals surface area contributed by atoms with Crippen LogP contribution < -0.4 is 10.6 Å². The van der Waals surface area contributed by atoms with Gasteiger partial charge in [-0.2, -0.15) is 0 Å². The Balaban J connectivity index is 1.73. The normalized spacial score (nSPS) is 12.5. The van der Waals surface area contributed by atoms with E-state index in [2.05, 4.69) is 29.7 Å². The number of amides is 2. The van der Waals surface area contributed by atoms with Gasteiger partial charge in [0, 0.05) is 24.9 Å². The molecule has 0 heterocycles. The van der Waals surface area contributed by atoms with Gasteiger partial charge < -0.3 is 25.2 Å². The molecule has 0 aromatic heterocycles. The molecule has 2 amide bonds. The molecule has 2 unspecified atom stereocenters. The van der Waals surface area contributed by atoms with Gasteiger partial charge in [-0.3, -0.25) is 14.4 Å². The molecule has 10 nitrogen and oxygen atoms in total. The lowest BCUT2D eigenvalue weighted by atomic mass is 9.86. The molecule has 10 heteroatoms. The number of carboxylic acid groups (broad SMARTS) is 1. The van der Waals surface area contributed by atoms with Crippen molar-refractivity contribution >= 4 is 29.7 Å². The Kier molecular flexibility index (Phi) is 23.0. The largest absolute Gasteiger partial charge is 0.481 e. The third-order valence-corrected chi connectivity index (χ3v) is 9.36. The molecule has 0 radical (unpaired) electrons. The second-order valence-corrected chi connectivity index (χ2v) is 14.7. The fourth-order valence-corrected chi connectivity index (χ4v) is 5.95. The van der Waals surface area contributed by atoms with E-state index in [1.54, 1.807) is 74.5 Å². The summed E-state index contributed by atoms with van der Waals surface area (Å²) in [5.41, 5.74) is -0.611. The molecule has 298 valence electrons. The van der Waals surface area contributed by atoms with E-state index in [-0.39, 0.29) is 31.0 Å². The molecule has 0 bridgehead atoms. The maximum Gasteiger partial charge on any atom is 0.338 e. The topological polar surface area (TPSA) is 148 Å². The number of carbonyl (C=O) groups is 5. The zero-order chi connectivity index (χ0) is 39.4. The van der Waals surface area contributed by atoms with Gasteiger partial charge in [0.15, 0.2) is 6.10 Å². The summed E-state index contributed by atoms with van der Waals surface area (Å²) in [5, 5.41) is 15.4. The summed E-state index contributed by atoms with van der Waals surface area (Å²) in [6.45, 7) is 5.37. The molecule has 2 aromatic rings. The molecule has 0 saturated heterocycles. The quantitative estimate of drug-likeness (QED) is 0.0425. The zero-order valence-electron chi connectivity index (χ0n) is 32.8. The van der Waals surface area contributed by atoms with E-state index in [4.69, 9.17) is 9.47 Å². The lowest BCUT2D eigenvalue weighted by molar-refractivity contribution is -0.143. The Labute approximate surface area is 322 Å². The van der Waals surface area contributed by atoms with Gasteiger partial charge in [0.25, 0.3) is 5.91 Å². The number of allylic oxidation sites excluding steroid dienone is 2. The van der Waals surface area contributed by atoms with E-state index in [0.717, 1.165) is 32.1 Å². The van der Waals surface area contributed by atoms with Crippen molar-refractivity contribution in [2.24, 2.45) is 11.3 Å². The summed E-state index contributed by atoms with van der Waals surface area (Å²) < 4.78 is 11.2. The maximum absolute atomic E-state index is 13.5. The van der Waals surface area contributed by atoms with Crippen LogP contribution >= 0.6 is 0 Å². The third-order valence-electron chi connectivity index (χ3n) is 9.36. The molecule has 2 aromatic carbocycles. The molecule has 0 saturated carbocycles. The van der Waals surface area contributed by atoms with Gasteiger partial charge >= 0.3 is 17.9 Å². The van der Waals surface area contributed by atoms with Crippen LogP contribution in [0.3, 0.4) is 0 Å². The SMILES string of the molecule is CCCCCCCCC=CCCCCCCCC(=O)NCCCC(CNC(=O)C(OC(=O)c1ccccc1)C(C)(C)COC(=O)c1ccccc1)C(=O)O. The maximum atomic E-state index is 13.5. The van der Waals surface area contributed by atoms with Gasteiger partial charge in [0.2, 0.25) is 5.91 Å². The highest BCUT2D eigenvalue weighted by atomic mass is 16.6. The van der Waals surface area contributed by atoms with Gasteiger partial charge in [-0.1, -0.05) is 121 Å². The molecule has 0 spiro atoms. The number of carboxylic acids is 1. The first-order chi connectivity index (χ1) is 26.0. The minimum absolute atomic E-state index is 0.0499. The summed E-state index contributed by atoms with van der Waals surface area (Å²) in [5.74, 6) is -4.12. The lowest BCUT2D eigenvalue weighted by Gasteiger charge is -2.32. The second-order valence-electron chi connectivity index (χ2n) is 14.7. The van der Waals surface area contributed by atoms with Gasteiger partial charge in [0.1, 0.15) is 6.61 Å². The monoisotopic (exact) mass is 748 g/mol. The van der Waals surface area contributed by atoms with Crippen LogP contribution in [0.1, 0.15) is 144 Å². The van der Waals surface area contributed by atoms with Crippen LogP contribution in [0.4, 0.5) is 0 Å². The number of hydrogen-bond donors (Lipinski definition) is 3. The smallest absolute Gasteiger partial charge is 0.338 e. The van der Waals surface area contributed by atoms with E-state index in [1.807, 2.05) is 0 Å². The number of nitrogens with one attached hydrogen (secondary N) is 2. The summed E-state index contributed by atoms with van der Waals surface area (Å²) in [6, 6.07) is 16.6. The molecule has 2 rings (SSSR count). The first-order valence-electron chi connectivity index (χ1n) is 20.0. The van der Waals surface area contributed by atoms with Crippen molar-refractivity contribution in [1.29, 1.82) is 0 Å². The Hall–Kier alpha value is -4.47. The number of esters is 2. The predicted molar refractivity (Wildman–Crippen MR) is 212 cm³/mol. The second kappa shape index (κ2) is 27.2. The first-order valence-corrected chi connectivity index (χ1v) is 20.0. The Morgan fingerprint density at radius 1 is 0.704 bits per heavy atom. The van der Waals surface area contributed by atoms with E-state index in [9.17, 15) is 29.1 Å². The van der Waals surface area contributed by atoms with E-state index in [0.29, 0.717) is 24.9 Å². The van der Waals surface area contributed by atoms with Crippen molar-refractivity contribution in [3.05, 3.63) is 83.9 Å². The van der Waals surface area contributed by atoms with Crippen LogP contribution in [0.15, 0.2) is 72.8 Å². The van der Waals surface area contributed by atoms with Crippen LogP contribution in [0.2, 0.25) is 0 Å². The third kappa shape index (κ3) is 19.6. The number of aliphatic carboxylic acids is 1. The van der Waals surface area contributed by atoms with Crippen LogP contribution in [0, 0.1) is 11.3 Å². The van der Waals surface area contributed by atoms with Crippen molar-refractivity contribution in [1.82, 2.24) is 10.6 Å². The van der Waals surface area contributed by atoms with Crippen LogP contribution in [0.5, 0.6) is 0 Å². The van der Waals surface area contributed by atoms with Crippen molar-refractivity contribution in [2.45, 2.75) is 130 Å². The summed E-state index contributed by atoms with van der Waals surface area (Å²) >= 11 is 0. The van der Waals surface area contributed by atoms with Crippen LogP contribution in [-0.2, 0) is 23.9 Å². The molecule has 0 aliphatic heterocycles. The zero-order valence-corrected chi connectivity index (χ0v) is 32.8. The lowest BCUT2D eigenvalue weighted by Crippen LogP contribution is -2.50. The number of ether oxygens (including phenoxy) is 2. The Morgan fingerprint density at radius 2 is 1.24 bits per heavy atom. The molecular formula is C44H64N2O8. The average molecular weight is 749 g/mol. The van der Waals surface area contributed by atoms with Crippen LogP contribution in [-0.4, -0.2) is 60.6 Å². The van der Waals surface area contributed by atoms with Gasteiger partial charge in [0.05, 0.1) is 17.0 Å². The van der Waals surface area contributed by atoms with E-state index < -0.39 is 41.3 Å². The van der Waals surface area contributed by atoms with E-state index >= 15 is 0 Å². The van der Waals surface area contributed by atoms with E-state index in [1.165, 1.54) is 51.4 Å². The number of benzene rings is 2. The Bertz CT molecular complexity index is 1410. The fourth-order valence-electron chi connectivity index (χ4n) is 5.95. The molecule has 54 heavy (non-hydrogen) atoms. The number of carbonyl (C=O) groups excluding carboxylic acids is 4. The highest BCUT2D eigenvalue weighted by Crippen LogP contribution is 2.26. The average Bonchev–Trinajstić information content (AvgIpc) is 3.17. The van der Waals surface area contributed by atoms with Crippen molar-refractivity contribution in [2.75, 3.05) is 19.7 Å². The Morgan fingerprint density at radius 3 is 1.81 bits per heavy atom. The minimum Gasteiger partial charge on any atom is -0.481 e. The van der Waals surface area contributed by atoms with Crippen molar-refractivity contribution < 1.29 is 38.6 Å². The molecule has 0 fully saturated rings. The molecular weight excluding hydrogens is 684 g/mol. The van der Waals surface area contributed by atoms with Gasteiger partial charge in [-0.25, -0.2) is 9.59 Å². The molecule has 0 aliphatic carbocycles. The summed E-state index contributed by atoms with van der Waals surface area (Å²) in [4.78, 5) is 63.6. The summed E-state index contributed by atoms with van der Waals surface area (Å²) in [7, 11) is 0. The molecule has 3 N–H and O–H groups in total. The highest BCUT2D eigenvalue weighted by Gasteiger charge is 2.40. The van der Waals surface area contributed by atoms with Gasteiger partial charge in [-0.05, 0) is 69.2 Å². The molecule has 0 aliphatic rings. The number of unbranched alkanes of at least 4 members (excludes halogenated alkanes) is 11. The highest BCUT2D eigenvalue weighted by molar-refractivity contribution is 5.93. The number of hydrogen-bond acceptors (Lipinski definition) is 7. The summed E-state index contributed by atoms with van der Waals surface area (Å²) in [6.07, 6.45) is 19.8. The minimum atomic E-state index is -1.40. The van der Waals surface area contributed by atoms with Crippen LogP contribution in [0.25, 0.3) is 0 Å². The van der Waals surface area contributed by atoms with Crippen molar-refractivity contribution in [3.63, 3.8) is 0 Å². The number of rotatable bonds is 29. The van der Waals surface area contributed by atoms with Gasteiger partial charge in [-0.15, -0.1) is 0 Å². The standard InChI is InChI=1S/C44H64N2O8/c1-4-5-6-7-8-9-10-11-12-13-14-15-16-17-24-31-38(47)45-32-25-30-37(41(49)50)33-46-40(48)39(54-43(52)36-28-22-19-23-29-36)44(2,3)34-53-42(51)35-26-20-18-21-27-35/h11-12,18-23,26-29,37,39H,4-10,13-17,24-25,30-34H2,1-3H3,(H,45,47)(H,46,48)(H,49,50).